The van der Waals surface area contributed by atoms with E-state index in [0.29, 0.717) is 12.5 Å². The van der Waals surface area contributed by atoms with Gasteiger partial charge < -0.3 is 15.0 Å². The van der Waals surface area contributed by atoms with Gasteiger partial charge in [0.05, 0.1) is 19.1 Å². The van der Waals surface area contributed by atoms with Crippen LogP contribution in [0.4, 0.5) is 5.69 Å². The third kappa shape index (κ3) is 1.82. The van der Waals surface area contributed by atoms with Gasteiger partial charge in [0.25, 0.3) is 0 Å². The Morgan fingerprint density at radius 3 is 3.06 bits per heavy atom. The maximum absolute atomic E-state index is 11.7. The van der Waals surface area contributed by atoms with Crippen LogP contribution < -0.4 is 10.2 Å². The Hall–Kier alpha value is -1.39. The summed E-state index contributed by atoms with van der Waals surface area (Å²) >= 11 is 0. The van der Waals surface area contributed by atoms with Gasteiger partial charge in [-0.2, -0.15) is 0 Å². The van der Waals surface area contributed by atoms with E-state index in [1.807, 2.05) is 13.1 Å². The molecule has 2 atom stereocenters. The van der Waals surface area contributed by atoms with Crippen molar-refractivity contribution in [1.82, 2.24) is 5.32 Å². The van der Waals surface area contributed by atoms with Crippen molar-refractivity contribution in [3.05, 3.63) is 29.3 Å². The third-order valence-corrected chi connectivity index (χ3v) is 3.83. The van der Waals surface area contributed by atoms with Crippen molar-refractivity contribution in [3.63, 3.8) is 0 Å². The zero-order valence-electron chi connectivity index (χ0n) is 10.8. The van der Waals surface area contributed by atoms with Crippen molar-refractivity contribution in [3.8, 4) is 0 Å². The molecule has 2 aliphatic heterocycles. The molecule has 1 saturated heterocycles. The van der Waals surface area contributed by atoms with E-state index in [9.17, 15) is 4.79 Å². The lowest BCUT2D eigenvalue weighted by molar-refractivity contribution is -0.117. The molecular weight excluding hydrogens is 228 g/mol. The van der Waals surface area contributed by atoms with Crippen molar-refractivity contribution in [1.29, 1.82) is 0 Å². The average molecular weight is 246 g/mol. The Balaban J connectivity index is 1.91. The Bertz CT molecular complexity index is 487. The van der Waals surface area contributed by atoms with E-state index in [0.717, 1.165) is 30.0 Å². The highest BCUT2D eigenvalue weighted by Crippen LogP contribution is 2.32. The van der Waals surface area contributed by atoms with Crippen LogP contribution in [-0.4, -0.2) is 32.1 Å². The van der Waals surface area contributed by atoms with E-state index in [-0.39, 0.29) is 12.0 Å². The molecule has 1 aromatic carbocycles. The van der Waals surface area contributed by atoms with Crippen molar-refractivity contribution in [2.45, 2.75) is 25.5 Å². The molecule has 0 radical (unpaired) electrons. The molecule has 1 amide bonds. The van der Waals surface area contributed by atoms with Gasteiger partial charge in [-0.05, 0) is 24.1 Å². The number of fused-ring (bicyclic) bond motifs is 1. The molecule has 4 nitrogen and oxygen atoms in total. The highest BCUT2D eigenvalue weighted by Gasteiger charge is 2.28. The SMILES string of the molecule is CC1NCCOC1c1ccc2c(c1)CC(=O)N2C. The Labute approximate surface area is 107 Å². The summed E-state index contributed by atoms with van der Waals surface area (Å²) in [6.07, 6.45) is 0.596. The number of rotatable bonds is 1. The number of likely N-dealkylation sites (N-methyl/N-ethyl adjacent to an activating group) is 1. The summed E-state index contributed by atoms with van der Waals surface area (Å²) in [5.74, 6) is 0.165. The first-order valence-corrected chi connectivity index (χ1v) is 6.41. The van der Waals surface area contributed by atoms with Crippen molar-refractivity contribution < 1.29 is 9.53 Å². The van der Waals surface area contributed by atoms with Crippen molar-refractivity contribution in [2.75, 3.05) is 25.1 Å². The zero-order chi connectivity index (χ0) is 12.7. The monoisotopic (exact) mass is 246 g/mol. The predicted octanol–water partition coefficient (Wildman–Crippen LogP) is 1.25. The standard InChI is InChI=1S/C14H18N2O2/c1-9-14(18-6-5-15-9)10-3-4-12-11(7-10)8-13(17)16(12)2/h3-4,7,9,14-15H,5-6,8H2,1-2H3. The summed E-state index contributed by atoms with van der Waals surface area (Å²) in [7, 11) is 1.83. The van der Waals surface area contributed by atoms with Gasteiger partial charge in [-0.3, -0.25) is 4.79 Å². The number of carbonyl (C=O) groups excluding carboxylic acids is 1. The number of ether oxygens (including phenoxy) is 1. The van der Waals surface area contributed by atoms with E-state index in [4.69, 9.17) is 4.74 Å². The van der Waals surface area contributed by atoms with Gasteiger partial charge in [-0.1, -0.05) is 12.1 Å². The average Bonchev–Trinajstić information content (AvgIpc) is 2.65. The van der Waals surface area contributed by atoms with E-state index < -0.39 is 0 Å². The van der Waals surface area contributed by atoms with Gasteiger partial charge in [-0.15, -0.1) is 0 Å². The first-order chi connectivity index (χ1) is 8.66. The first kappa shape index (κ1) is 11.7. The zero-order valence-corrected chi connectivity index (χ0v) is 10.8. The number of carbonyl (C=O) groups is 1. The normalized spacial score (nSPS) is 27.4. The lowest BCUT2D eigenvalue weighted by Crippen LogP contribution is -2.41. The van der Waals surface area contributed by atoms with Crippen LogP contribution in [0.3, 0.4) is 0 Å². The van der Waals surface area contributed by atoms with Gasteiger partial charge in [0.1, 0.15) is 0 Å². The Kier molecular flexibility index (Phi) is 2.84. The van der Waals surface area contributed by atoms with Crippen molar-refractivity contribution >= 4 is 11.6 Å². The summed E-state index contributed by atoms with van der Waals surface area (Å²) in [6, 6.07) is 6.53. The van der Waals surface area contributed by atoms with Gasteiger partial charge in [0.15, 0.2) is 0 Å². The quantitative estimate of drug-likeness (QED) is 0.811. The van der Waals surface area contributed by atoms with Crippen molar-refractivity contribution in [2.24, 2.45) is 0 Å². The molecule has 96 valence electrons. The van der Waals surface area contributed by atoms with E-state index >= 15 is 0 Å². The van der Waals surface area contributed by atoms with Crippen LogP contribution in [0.25, 0.3) is 0 Å². The van der Waals surface area contributed by atoms with E-state index in [2.05, 4.69) is 24.4 Å². The molecule has 2 unspecified atom stereocenters. The van der Waals surface area contributed by atoms with Gasteiger partial charge in [0, 0.05) is 25.3 Å². The first-order valence-electron chi connectivity index (χ1n) is 6.41. The summed E-state index contributed by atoms with van der Waals surface area (Å²) < 4.78 is 5.83. The fourth-order valence-corrected chi connectivity index (χ4v) is 2.78. The minimum atomic E-state index is 0.0880. The molecule has 2 aliphatic rings. The van der Waals surface area contributed by atoms with E-state index in [1.54, 1.807) is 4.90 Å². The molecular formula is C14H18N2O2. The molecule has 1 N–H and O–H groups in total. The molecule has 1 aromatic rings. The van der Waals surface area contributed by atoms with Crippen LogP contribution in [0.2, 0.25) is 0 Å². The maximum Gasteiger partial charge on any atom is 0.231 e. The Morgan fingerprint density at radius 1 is 1.44 bits per heavy atom. The predicted molar refractivity (Wildman–Crippen MR) is 69.7 cm³/mol. The summed E-state index contributed by atoms with van der Waals surface area (Å²) in [6.45, 7) is 3.78. The van der Waals surface area contributed by atoms with Gasteiger partial charge in [0.2, 0.25) is 5.91 Å². The summed E-state index contributed by atoms with van der Waals surface area (Å²) in [4.78, 5) is 13.4. The smallest absolute Gasteiger partial charge is 0.231 e. The van der Waals surface area contributed by atoms with Crippen LogP contribution in [0.5, 0.6) is 0 Å². The molecule has 0 aliphatic carbocycles. The third-order valence-electron chi connectivity index (χ3n) is 3.83. The summed E-state index contributed by atoms with van der Waals surface area (Å²) in [5.41, 5.74) is 3.30. The molecule has 0 spiro atoms. The van der Waals surface area contributed by atoms with Crippen LogP contribution in [0, 0.1) is 0 Å². The molecule has 0 bridgehead atoms. The number of nitrogens with zero attached hydrogens (tertiary/aromatic N) is 1. The second-order valence-corrected chi connectivity index (χ2v) is 5.05. The second-order valence-electron chi connectivity index (χ2n) is 5.05. The largest absolute Gasteiger partial charge is 0.371 e. The van der Waals surface area contributed by atoms with Crippen LogP contribution in [0.1, 0.15) is 24.2 Å². The number of benzene rings is 1. The number of amides is 1. The van der Waals surface area contributed by atoms with Crippen LogP contribution in [-0.2, 0) is 16.0 Å². The summed E-state index contributed by atoms with van der Waals surface area (Å²) in [5, 5.41) is 3.41. The number of nitrogens with one attached hydrogen (secondary N) is 1. The number of anilines is 1. The number of hydrogen-bond donors (Lipinski definition) is 1. The molecule has 4 heteroatoms. The molecule has 2 heterocycles. The molecule has 3 rings (SSSR count). The topological polar surface area (TPSA) is 41.6 Å². The minimum absolute atomic E-state index is 0.0880. The lowest BCUT2D eigenvalue weighted by atomic mass is 9.99. The fourth-order valence-electron chi connectivity index (χ4n) is 2.78. The van der Waals surface area contributed by atoms with Crippen LogP contribution >= 0.6 is 0 Å². The lowest BCUT2D eigenvalue weighted by Gasteiger charge is -2.31. The Morgan fingerprint density at radius 2 is 2.28 bits per heavy atom. The van der Waals surface area contributed by atoms with E-state index in [1.165, 1.54) is 0 Å². The van der Waals surface area contributed by atoms with Gasteiger partial charge in [-0.25, -0.2) is 0 Å². The maximum atomic E-state index is 11.7. The molecule has 0 saturated carbocycles. The molecule has 0 aromatic heterocycles. The van der Waals surface area contributed by atoms with Crippen LogP contribution in [0.15, 0.2) is 18.2 Å². The highest BCUT2D eigenvalue weighted by atomic mass is 16.5. The van der Waals surface area contributed by atoms with Gasteiger partial charge >= 0.3 is 0 Å². The second kappa shape index (κ2) is 4.37. The number of hydrogen-bond acceptors (Lipinski definition) is 3. The number of morpholine rings is 1. The molecule has 18 heavy (non-hydrogen) atoms. The fraction of sp³-hybridized carbons (Fsp3) is 0.500. The minimum Gasteiger partial charge on any atom is -0.371 e. The highest BCUT2D eigenvalue weighted by molar-refractivity contribution is 6.00. The molecule has 1 fully saturated rings.